The predicted octanol–water partition coefficient (Wildman–Crippen LogP) is 0.668. The minimum atomic E-state index is -2.64. The number of nitro groups is 1. The van der Waals surface area contributed by atoms with E-state index in [4.69, 9.17) is 28.4 Å². The molecule has 0 unspecified atom stereocenters. The van der Waals surface area contributed by atoms with Crippen LogP contribution in [-0.2, 0) is 42.9 Å². The Morgan fingerprint density at radius 1 is 1.03 bits per heavy atom. The van der Waals surface area contributed by atoms with E-state index in [0.717, 1.165) is 33.9 Å². The third kappa shape index (κ3) is 5.29. The average molecular weight is 455 g/mol. The van der Waals surface area contributed by atoms with Crippen molar-refractivity contribution < 1.29 is 52.5 Å². The summed E-state index contributed by atoms with van der Waals surface area (Å²) >= 11 is 0. The molecule has 0 amide bonds. The molecule has 0 aliphatic carbocycles. The molecule has 13 heteroatoms. The highest BCUT2D eigenvalue weighted by Gasteiger charge is 2.64. The number of nitrogens with zero attached hydrogens (tertiary/aromatic N) is 1. The summed E-state index contributed by atoms with van der Waals surface area (Å²) in [7, 11) is 0.972. The summed E-state index contributed by atoms with van der Waals surface area (Å²) < 4.78 is 31.4. The van der Waals surface area contributed by atoms with Gasteiger partial charge in [0.05, 0.1) is 18.6 Å². The molecule has 1 fully saturated rings. The number of nitro benzene ring substituents is 1. The molecule has 1 saturated heterocycles. The summed E-state index contributed by atoms with van der Waals surface area (Å²) in [4.78, 5) is 58.6. The normalized spacial score (nSPS) is 24.6. The Morgan fingerprint density at radius 2 is 1.62 bits per heavy atom. The quantitative estimate of drug-likeness (QED) is 0.244. The van der Waals surface area contributed by atoms with Crippen molar-refractivity contribution in [2.75, 3.05) is 13.7 Å². The Morgan fingerprint density at radius 3 is 2.16 bits per heavy atom. The summed E-state index contributed by atoms with van der Waals surface area (Å²) in [5, 5.41) is 11.4. The zero-order valence-electron chi connectivity index (χ0n) is 17.6. The van der Waals surface area contributed by atoms with Crippen LogP contribution in [0.25, 0.3) is 0 Å². The molecule has 4 atom stereocenters. The molecule has 1 heterocycles. The second kappa shape index (κ2) is 10.0. The van der Waals surface area contributed by atoms with Gasteiger partial charge in [-0.25, -0.2) is 4.79 Å². The number of ether oxygens (including phenoxy) is 6. The monoisotopic (exact) mass is 455 g/mol. The zero-order valence-corrected chi connectivity index (χ0v) is 17.6. The number of benzene rings is 1. The van der Waals surface area contributed by atoms with E-state index in [0.29, 0.717) is 0 Å². The molecule has 1 aliphatic heterocycles. The highest BCUT2D eigenvalue weighted by atomic mass is 16.8. The molecule has 0 saturated carbocycles. The molecule has 1 aromatic rings. The van der Waals surface area contributed by atoms with Crippen LogP contribution in [-0.4, -0.2) is 66.6 Å². The molecule has 13 nitrogen and oxygen atoms in total. The van der Waals surface area contributed by atoms with Crippen LogP contribution in [0.1, 0.15) is 20.8 Å². The van der Waals surface area contributed by atoms with Crippen LogP contribution in [0.5, 0.6) is 5.75 Å². The fraction of sp³-hybridized carbons (Fsp3) is 0.474. The Labute approximate surface area is 181 Å². The van der Waals surface area contributed by atoms with Gasteiger partial charge in [-0.15, -0.1) is 0 Å². The van der Waals surface area contributed by atoms with E-state index < -0.39 is 70.9 Å². The first-order valence-corrected chi connectivity index (χ1v) is 9.18. The topological polar surface area (TPSA) is 167 Å². The summed E-state index contributed by atoms with van der Waals surface area (Å²) in [6.07, 6.45) is -4.74. The first-order valence-electron chi connectivity index (χ1n) is 9.18. The highest BCUT2D eigenvalue weighted by molar-refractivity contribution is 5.81. The molecule has 1 aromatic carbocycles. The fourth-order valence-electron chi connectivity index (χ4n) is 3.07. The smallest absolute Gasteiger partial charge is 0.383 e. The largest absolute Gasteiger partial charge is 0.464 e. The Bertz CT molecular complexity index is 915. The summed E-state index contributed by atoms with van der Waals surface area (Å²) in [5.41, 5.74) is -0.535. The van der Waals surface area contributed by atoms with Crippen molar-refractivity contribution in [1.29, 1.82) is 0 Å². The van der Waals surface area contributed by atoms with Gasteiger partial charge < -0.3 is 28.4 Å². The number of rotatable bonds is 7. The third-order valence-electron chi connectivity index (χ3n) is 4.21. The van der Waals surface area contributed by atoms with Gasteiger partial charge in [0.25, 0.3) is 0 Å². The van der Waals surface area contributed by atoms with Gasteiger partial charge >= 0.3 is 35.4 Å². The highest BCUT2D eigenvalue weighted by Crippen LogP contribution is 2.38. The first-order chi connectivity index (χ1) is 15.0. The van der Waals surface area contributed by atoms with Crippen LogP contribution in [0.4, 0.5) is 5.69 Å². The lowest BCUT2D eigenvalue weighted by atomic mass is 9.95. The van der Waals surface area contributed by atoms with E-state index in [1.807, 2.05) is 0 Å². The predicted molar refractivity (Wildman–Crippen MR) is 101 cm³/mol. The van der Waals surface area contributed by atoms with Gasteiger partial charge in [-0.2, -0.15) is 0 Å². The minimum Gasteiger partial charge on any atom is -0.464 e. The van der Waals surface area contributed by atoms with E-state index in [1.54, 1.807) is 0 Å². The minimum absolute atomic E-state index is 0.424. The van der Waals surface area contributed by atoms with Crippen molar-refractivity contribution in [3.63, 3.8) is 0 Å². The maximum absolute atomic E-state index is 12.8. The van der Waals surface area contributed by atoms with Crippen molar-refractivity contribution in [2.24, 2.45) is 0 Å². The lowest BCUT2D eigenvalue weighted by Gasteiger charge is -2.45. The van der Waals surface area contributed by atoms with Gasteiger partial charge in [0, 0.05) is 26.8 Å². The molecule has 0 N–H and O–H groups in total. The van der Waals surface area contributed by atoms with E-state index in [1.165, 1.54) is 18.2 Å². The van der Waals surface area contributed by atoms with E-state index in [-0.39, 0.29) is 0 Å². The fourth-order valence-corrected chi connectivity index (χ4v) is 3.07. The molecule has 1 aliphatic rings. The molecule has 174 valence electrons. The van der Waals surface area contributed by atoms with E-state index in [2.05, 4.69) is 0 Å². The number of esters is 4. The second-order valence-electron chi connectivity index (χ2n) is 6.55. The van der Waals surface area contributed by atoms with Crippen molar-refractivity contribution >= 4 is 29.6 Å². The van der Waals surface area contributed by atoms with E-state index >= 15 is 0 Å². The molecule has 0 radical (unpaired) electrons. The van der Waals surface area contributed by atoms with Crippen LogP contribution in [0.2, 0.25) is 0 Å². The maximum Gasteiger partial charge on any atom is 0.383 e. The molecule has 2 rings (SSSR count). The lowest BCUT2D eigenvalue weighted by molar-refractivity contribution is -0.387. The Kier molecular flexibility index (Phi) is 7.70. The van der Waals surface area contributed by atoms with Gasteiger partial charge in [-0.3, -0.25) is 24.5 Å². The lowest BCUT2D eigenvalue weighted by Crippen LogP contribution is -2.69. The summed E-state index contributed by atoms with van der Waals surface area (Å²) in [6, 6.07) is 5.03. The number of hydrogen-bond donors (Lipinski definition) is 0. The second-order valence-corrected chi connectivity index (χ2v) is 6.55. The average Bonchev–Trinajstić information content (AvgIpc) is 2.70. The van der Waals surface area contributed by atoms with Crippen LogP contribution in [0, 0.1) is 10.1 Å². The molecule has 0 bridgehead atoms. The van der Waals surface area contributed by atoms with Gasteiger partial charge in [0.2, 0.25) is 11.9 Å². The molecular weight excluding hydrogens is 434 g/mol. The van der Waals surface area contributed by atoms with Gasteiger partial charge in [-0.1, -0.05) is 12.1 Å². The summed E-state index contributed by atoms with van der Waals surface area (Å²) in [5.74, 6) is -6.90. The SMILES string of the molecule is COC(=O)[C@]1(Oc2ccccc2[N+](=O)[O-])OC[C@@H](OC(C)=O)[C@@H](OC(C)=O)[C@@H]1OC(C)=O. The van der Waals surface area contributed by atoms with Crippen LogP contribution in [0.3, 0.4) is 0 Å². The van der Waals surface area contributed by atoms with Gasteiger partial charge in [0.1, 0.15) is 0 Å². The molecule has 0 aromatic heterocycles. The Balaban J connectivity index is 2.66. The third-order valence-corrected chi connectivity index (χ3v) is 4.21. The van der Waals surface area contributed by atoms with Crippen molar-refractivity contribution in [3.05, 3.63) is 34.4 Å². The number of carbonyl (C=O) groups excluding carboxylic acids is 4. The van der Waals surface area contributed by atoms with Crippen molar-refractivity contribution in [1.82, 2.24) is 0 Å². The number of para-hydroxylation sites is 2. The summed E-state index contributed by atoms with van der Waals surface area (Å²) in [6.45, 7) is 2.55. The van der Waals surface area contributed by atoms with Crippen LogP contribution >= 0.6 is 0 Å². The standard InChI is InChI=1S/C19H21NO12/c1-10(21)29-15-9-28-19(18(24)27-4,17(31-12(3)23)16(15)30-11(2)22)32-14-8-6-5-7-13(14)20(25)26/h5-8,15-17H,9H2,1-4H3/t15-,16-,17+,19+/m1/s1. The molecule has 32 heavy (non-hydrogen) atoms. The molecule has 0 spiro atoms. The number of hydrogen-bond acceptors (Lipinski definition) is 12. The van der Waals surface area contributed by atoms with Gasteiger partial charge in [0.15, 0.2) is 12.2 Å². The zero-order chi connectivity index (χ0) is 24.1. The molecular formula is C19H21NO12. The van der Waals surface area contributed by atoms with Crippen LogP contribution in [0.15, 0.2) is 24.3 Å². The number of carbonyl (C=O) groups is 4. The Hall–Kier alpha value is -3.74. The van der Waals surface area contributed by atoms with Gasteiger partial charge in [-0.05, 0) is 6.07 Å². The first kappa shape index (κ1) is 24.5. The number of methoxy groups -OCH3 is 1. The van der Waals surface area contributed by atoms with Crippen LogP contribution < -0.4 is 4.74 Å². The van der Waals surface area contributed by atoms with E-state index in [9.17, 15) is 29.3 Å². The van der Waals surface area contributed by atoms with Crippen molar-refractivity contribution in [3.8, 4) is 5.75 Å². The van der Waals surface area contributed by atoms with Crippen molar-refractivity contribution in [2.45, 2.75) is 44.9 Å². The maximum atomic E-state index is 12.8.